The van der Waals surface area contributed by atoms with Crippen LogP contribution < -0.4 is 5.32 Å². The molecular weight excluding hydrogens is 358 g/mol. The molecule has 144 valence electrons. The summed E-state index contributed by atoms with van der Waals surface area (Å²) >= 11 is 0. The van der Waals surface area contributed by atoms with Crippen LogP contribution in [0.15, 0.2) is 85.2 Å². The van der Waals surface area contributed by atoms with E-state index < -0.39 is 0 Å². The molecule has 1 aromatic heterocycles. The third-order valence-electron chi connectivity index (χ3n) is 4.97. The Balaban J connectivity index is 1.58. The van der Waals surface area contributed by atoms with Gasteiger partial charge in [0.15, 0.2) is 0 Å². The molecule has 0 aliphatic carbocycles. The molecule has 0 atom stereocenters. The van der Waals surface area contributed by atoms with E-state index in [-0.39, 0.29) is 5.91 Å². The van der Waals surface area contributed by atoms with Crippen LogP contribution in [0.2, 0.25) is 0 Å². The standard InChI is InChI=1S/C25H23N3O/c1-18-8-13-24(19(2)16-18)27-25(29)23-7-4-3-6-22(23)21-11-9-20(10-12-21)17-28-15-5-14-26-28/h3-16H,17H2,1-2H3,(H,27,29). The van der Waals surface area contributed by atoms with Gasteiger partial charge in [0.05, 0.1) is 6.54 Å². The SMILES string of the molecule is Cc1ccc(NC(=O)c2ccccc2-c2ccc(Cn3cccn3)cc2)c(C)c1. The minimum Gasteiger partial charge on any atom is -0.322 e. The fourth-order valence-corrected chi connectivity index (χ4v) is 3.45. The van der Waals surface area contributed by atoms with Crippen LogP contribution in [0.3, 0.4) is 0 Å². The van der Waals surface area contributed by atoms with E-state index >= 15 is 0 Å². The number of nitrogens with zero attached hydrogens (tertiary/aromatic N) is 2. The third kappa shape index (κ3) is 4.27. The van der Waals surface area contributed by atoms with Gasteiger partial charge in [0.25, 0.3) is 5.91 Å². The number of anilines is 1. The van der Waals surface area contributed by atoms with Gasteiger partial charge in [0.2, 0.25) is 0 Å². The normalized spacial score (nSPS) is 10.7. The zero-order chi connectivity index (χ0) is 20.2. The van der Waals surface area contributed by atoms with Gasteiger partial charge in [-0.2, -0.15) is 5.10 Å². The maximum atomic E-state index is 13.0. The number of nitrogens with one attached hydrogen (secondary N) is 1. The van der Waals surface area contributed by atoms with Crippen molar-refractivity contribution in [2.45, 2.75) is 20.4 Å². The van der Waals surface area contributed by atoms with Crippen molar-refractivity contribution in [1.29, 1.82) is 0 Å². The molecule has 0 radical (unpaired) electrons. The number of hydrogen-bond acceptors (Lipinski definition) is 2. The van der Waals surface area contributed by atoms with Crippen LogP contribution >= 0.6 is 0 Å². The average molecular weight is 381 g/mol. The highest BCUT2D eigenvalue weighted by molar-refractivity contribution is 6.09. The summed E-state index contributed by atoms with van der Waals surface area (Å²) in [4.78, 5) is 13.0. The lowest BCUT2D eigenvalue weighted by molar-refractivity contribution is 0.102. The summed E-state index contributed by atoms with van der Waals surface area (Å²) in [7, 11) is 0. The summed E-state index contributed by atoms with van der Waals surface area (Å²) in [5, 5.41) is 7.30. The molecule has 0 unspecified atom stereocenters. The van der Waals surface area contributed by atoms with Crippen molar-refractivity contribution < 1.29 is 4.79 Å². The molecule has 4 nitrogen and oxygen atoms in total. The highest BCUT2D eigenvalue weighted by atomic mass is 16.1. The molecule has 4 rings (SSSR count). The number of rotatable bonds is 5. The van der Waals surface area contributed by atoms with Gasteiger partial charge in [-0.15, -0.1) is 0 Å². The van der Waals surface area contributed by atoms with Crippen molar-refractivity contribution in [2.24, 2.45) is 0 Å². The first-order valence-corrected chi connectivity index (χ1v) is 9.64. The Morgan fingerprint density at radius 1 is 0.966 bits per heavy atom. The van der Waals surface area contributed by atoms with Crippen molar-refractivity contribution in [3.63, 3.8) is 0 Å². The summed E-state index contributed by atoms with van der Waals surface area (Å²) < 4.78 is 1.89. The fourth-order valence-electron chi connectivity index (χ4n) is 3.45. The van der Waals surface area contributed by atoms with Gasteiger partial charge < -0.3 is 5.32 Å². The molecule has 0 saturated heterocycles. The molecule has 0 bridgehead atoms. The van der Waals surface area contributed by atoms with Gasteiger partial charge in [-0.1, -0.05) is 60.2 Å². The van der Waals surface area contributed by atoms with Gasteiger partial charge in [0.1, 0.15) is 0 Å². The maximum Gasteiger partial charge on any atom is 0.256 e. The molecule has 1 N–H and O–H groups in total. The number of aryl methyl sites for hydroxylation is 2. The first kappa shape index (κ1) is 18.7. The molecule has 4 heteroatoms. The summed E-state index contributed by atoms with van der Waals surface area (Å²) in [5.74, 6) is -0.104. The largest absolute Gasteiger partial charge is 0.322 e. The lowest BCUT2D eigenvalue weighted by atomic mass is 9.98. The third-order valence-corrected chi connectivity index (χ3v) is 4.97. The molecule has 0 fully saturated rings. The molecular formula is C25H23N3O. The van der Waals surface area contributed by atoms with Crippen molar-refractivity contribution >= 4 is 11.6 Å². The summed E-state index contributed by atoms with van der Waals surface area (Å²) in [6, 6.07) is 23.9. The average Bonchev–Trinajstić information content (AvgIpc) is 3.24. The van der Waals surface area contributed by atoms with E-state index in [1.165, 1.54) is 5.56 Å². The Morgan fingerprint density at radius 3 is 2.48 bits per heavy atom. The van der Waals surface area contributed by atoms with Crippen LogP contribution in [-0.2, 0) is 6.54 Å². The first-order chi connectivity index (χ1) is 14.1. The Kier molecular flexibility index (Phi) is 5.25. The number of amides is 1. The van der Waals surface area contributed by atoms with Crippen LogP contribution in [0, 0.1) is 13.8 Å². The smallest absolute Gasteiger partial charge is 0.256 e. The van der Waals surface area contributed by atoms with Crippen LogP contribution in [0.25, 0.3) is 11.1 Å². The molecule has 0 saturated carbocycles. The van der Waals surface area contributed by atoms with E-state index in [1.807, 2.05) is 67.2 Å². The predicted molar refractivity (Wildman–Crippen MR) is 117 cm³/mol. The number of carbonyl (C=O) groups excluding carboxylic acids is 1. The van der Waals surface area contributed by atoms with Crippen molar-refractivity contribution in [1.82, 2.24) is 9.78 Å². The number of benzene rings is 3. The van der Waals surface area contributed by atoms with Crippen LogP contribution in [0.5, 0.6) is 0 Å². The highest BCUT2D eigenvalue weighted by Crippen LogP contribution is 2.26. The quantitative estimate of drug-likeness (QED) is 0.498. The number of aromatic nitrogens is 2. The second-order valence-corrected chi connectivity index (χ2v) is 7.22. The Labute approximate surface area is 170 Å². The predicted octanol–water partition coefficient (Wildman–Crippen LogP) is 5.47. The molecule has 0 aliphatic heterocycles. The van der Waals surface area contributed by atoms with Crippen molar-refractivity contribution in [3.05, 3.63) is 107 Å². The van der Waals surface area contributed by atoms with Gasteiger partial charge >= 0.3 is 0 Å². The number of carbonyl (C=O) groups is 1. The zero-order valence-electron chi connectivity index (χ0n) is 16.6. The lowest BCUT2D eigenvalue weighted by Gasteiger charge is -2.13. The van der Waals surface area contributed by atoms with Crippen LogP contribution in [-0.4, -0.2) is 15.7 Å². The molecule has 0 spiro atoms. The van der Waals surface area contributed by atoms with E-state index in [2.05, 4.69) is 40.7 Å². The van der Waals surface area contributed by atoms with E-state index in [0.717, 1.165) is 34.5 Å². The summed E-state index contributed by atoms with van der Waals surface area (Å²) in [6.07, 6.45) is 3.72. The Hall–Kier alpha value is -3.66. The summed E-state index contributed by atoms with van der Waals surface area (Å²) in [5.41, 5.74) is 6.82. The van der Waals surface area contributed by atoms with E-state index in [9.17, 15) is 4.79 Å². The van der Waals surface area contributed by atoms with Crippen molar-refractivity contribution in [2.75, 3.05) is 5.32 Å². The fraction of sp³-hybridized carbons (Fsp3) is 0.120. The van der Waals surface area contributed by atoms with Crippen molar-refractivity contribution in [3.8, 4) is 11.1 Å². The van der Waals surface area contributed by atoms with Gasteiger partial charge in [0, 0.05) is 23.6 Å². The van der Waals surface area contributed by atoms with Crippen LogP contribution in [0.1, 0.15) is 27.0 Å². The molecule has 1 amide bonds. The molecule has 3 aromatic carbocycles. The van der Waals surface area contributed by atoms with Gasteiger partial charge in [-0.3, -0.25) is 9.48 Å². The van der Waals surface area contributed by atoms with E-state index in [1.54, 1.807) is 6.20 Å². The van der Waals surface area contributed by atoms with E-state index in [0.29, 0.717) is 5.56 Å². The maximum absolute atomic E-state index is 13.0. The monoisotopic (exact) mass is 381 g/mol. The molecule has 29 heavy (non-hydrogen) atoms. The Bertz CT molecular complexity index is 1130. The topological polar surface area (TPSA) is 46.9 Å². The first-order valence-electron chi connectivity index (χ1n) is 9.64. The summed E-state index contributed by atoms with van der Waals surface area (Å²) in [6.45, 7) is 4.78. The minimum atomic E-state index is -0.104. The second-order valence-electron chi connectivity index (χ2n) is 7.22. The van der Waals surface area contributed by atoms with Crippen LogP contribution in [0.4, 0.5) is 5.69 Å². The zero-order valence-corrected chi connectivity index (χ0v) is 16.6. The molecule has 0 aliphatic rings. The minimum absolute atomic E-state index is 0.104. The van der Waals surface area contributed by atoms with E-state index in [4.69, 9.17) is 0 Å². The lowest BCUT2D eigenvalue weighted by Crippen LogP contribution is -2.14. The Morgan fingerprint density at radius 2 is 1.76 bits per heavy atom. The molecule has 1 heterocycles. The highest BCUT2D eigenvalue weighted by Gasteiger charge is 2.13. The molecule has 4 aromatic rings. The number of hydrogen-bond donors (Lipinski definition) is 1. The van der Waals surface area contributed by atoms with Gasteiger partial charge in [-0.05, 0) is 54.3 Å². The van der Waals surface area contributed by atoms with Gasteiger partial charge in [-0.25, -0.2) is 0 Å². The second kappa shape index (κ2) is 8.15.